The van der Waals surface area contributed by atoms with Gasteiger partial charge in [0.1, 0.15) is 0 Å². The van der Waals surface area contributed by atoms with Crippen LogP contribution in [0.1, 0.15) is 17.5 Å². The van der Waals surface area contributed by atoms with Crippen molar-refractivity contribution in [1.29, 1.82) is 0 Å². The monoisotopic (exact) mass is 377 g/mol. The molecule has 1 aromatic rings. The number of hydrogen-bond acceptors (Lipinski definition) is 6. The van der Waals surface area contributed by atoms with Crippen LogP contribution in [0.25, 0.3) is 0 Å². The zero-order valence-corrected chi connectivity index (χ0v) is 15.3. The van der Waals surface area contributed by atoms with E-state index in [1.165, 1.54) is 6.07 Å². The third-order valence-corrected chi connectivity index (χ3v) is 7.96. The molecule has 0 unspecified atom stereocenters. The first-order chi connectivity index (χ1) is 11.1. The molecule has 2 atom stereocenters. The van der Waals surface area contributed by atoms with Gasteiger partial charge >= 0.3 is 0 Å². The van der Waals surface area contributed by atoms with Crippen molar-refractivity contribution in [2.45, 2.75) is 37.3 Å². The quantitative estimate of drug-likeness (QED) is 0.712. The Morgan fingerprint density at radius 3 is 2.54 bits per heavy atom. The van der Waals surface area contributed by atoms with Crippen molar-refractivity contribution in [3.05, 3.63) is 29.3 Å². The lowest BCUT2D eigenvalue weighted by atomic mass is 10.2. The van der Waals surface area contributed by atoms with E-state index in [-0.39, 0.29) is 29.4 Å². The summed E-state index contributed by atoms with van der Waals surface area (Å²) in [5.41, 5.74) is 1.31. The van der Waals surface area contributed by atoms with E-state index in [0.29, 0.717) is 5.56 Å². The van der Waals surface area contributed by atoms with Gasteiger partial charge in [-0.15, -0.1) is 0 Å². The van der Waals surface area contributed by atoms with Crippen molar-refractivity contribution < 1.29 is 27.0 Å². The van der Waals surface area contributed by atoms with Crippen molar-refractivity contribution in [2.24, 2.45) is 0 Å². The van der Waals surface area contributed by atoms with Crippen LogP contribution in [0.5, 0.6) is 0 Å². The summed E-state index contributed by atoms with van der Waals surface area (Å²) in [4.78, 5) is 0.0944. The molecule has 0 spiro atoms. The normalized spacial score (nSPS) is 22.0. The molecular formula is C15H23NO6S2. The van der Waals surface area contributed by atoms with Crippen LogP contribution in [0.2, 0.25) is 0 Å². The van der Waals surface area contributed by atoms with E-state index < -0.39 is 38.6 Å². The Hall–Kier alpha value is -1.00. The van der Waals surface area contributed by atoms with Crippen LogP contribution in [0.15, 0.2) is 23.1 Å². The summed E-state index contributed by atoms with van der Waals surface area (Å²) in [6, 6.07) is 4.28. The molecule has 2 rings (SSSR count). The lowest BCUT2D eigenvalue weighted by Gasteiger charge is -2.29. The fourth-order valence-corrected chi connectivity index (χ4v) is 6.65. The van der Waals surface area contributed by atoms with E-state index in [2.05, 4.69) is 0 Å². The first-order valence-corrected chi connectivity index (χ1v) is 10.9. The minimum atomic E-state index is -4.00. The third-order valence-electron chi connectivity index (χ3n) is 4.15. The average Bonchev–Trinajstić information content (AvgIpc) is 2.86. The lowest BCUT2D eigenvalue weighted by Crippen LogP contribution is -2.46. The van der Waals surface area contributed by atoms with Crippen LogP contribution in [-0.2, 0) is 19.9 Å². The highest BCUT2D eigenvalue weighted by Gasteiger charge is 2.40. The number of sulfone groups is 1. The molecule has 9 heteroatoms. The second kappa shape index (κ2) is 7.09. The maximum absolute atomic E-state index is 13.1. The Labute approximate surface area is 142 Å². The molecule has 1 fully saturated rings. The summed E-state index contributed by atoms with van der Waals surface area (Å²) in [5, 5.41) is 18.8. The molecule has 0 aromatic heterocycles. The predicted octanol–water partition coefficient (Wildman–Crippen LogP) is -0.166. The van der Waals surface area contributed by atoms with E-state index in [1.807, 2.05) is 0 Å². The second-order valence-electron chi connectivity index (χ2n) is 6.24. The summed E-state index contributed by atoms with van der Waals surface area (Å²) in [6.07, 6.45) is -1.09. The lowest BCUT2D eigenvalue weighted by molar-refractivity contribution is 0.0730. The highest BCUT2D eigenvalue weighted by molar-refractivity contribution is 7.92. The van der Waals surface area contributed by atoms with Crippen molar-refractivity contribution in [3.63, 3.8) is 0 Å². The van der Waals surface area contributed by atoms with Crippen molar-refractivity contribution in [2.75, 3.05) is 24.7 Å². The van der Waals surface area contributed by atoms with E-state index in [9.17, 15) is 21.9 Å². The van der Waals surface area contributed by atoms with E-state index >= 15 is 0 Å². The van der Waals surface area contributed by atoms with E-state index in [1.54, 1.807) is 26.0 Å². The van der Waals surface area contributed by atoms with Gasteiger partial charge in [0.15, 0.2) is 9.84 Å². The Kier molecular flexibility index (Phi) is 5.71. The van der Waals surface area contributed by atoms with Gasteiger partial charge in [-0.2, -0.15) is 4.31 Å². The highest BCUT2D eigenvalue weighted by atomic mass is 32.2. The number of nitrogens with zero attached hydrogens (tertiary/aromatic N) is 1. The smallest absolute Gasteiger partial charge is 0.243 e. The average molecular weight is 377 g/mol. The molecule has 136 valence electrons. The summed E-state index contributed by atoms with van der Waals surface area (Å²) in [5.74, 6) is -0.346. The molecule has 0 radical (unpaired) electrons. The van der Waals surface area contributed by atoms with Crippen LogP contribution in [0.3, 0.4) is 0 Å². The standard InChI is InChI=1S/C15H23NO6S2/c1-11-3-4-12(2)15(7-11)24(21,22)16(8-14(18)9-17)13-5-6-23(19,20)10-13/h3-4,7,13-14,17-18H,5-6,8-10H2,1-2H3/t13-,14-/m0/s1. The van der Waals surface area contributed by atoms with Crippen molar-refractivity contribution in [3.8, 4) is 0 Å². The number of aliphatic hydroxyl groups excluding tert-OH is 2. The summed E-state index contributed by atoms with van der Waals surface area (Å²) >= 11 is 0. The van der Waals surface area contributed by atoms with E-state index in [4.69, 9.17) is 5.11 Å². The second-order valence-corrected chi connectivity index (χ2v) is 10.3. The number of aliphatic hydroxyl groups is 2. The van der Waals surface area contributed by atoms with Gasteiger partial charge in [0.05, 0.1) is 29.1 Å². The molecule has 1 aliphatic rings. The molecule has 0 bridgehead atoms. The number of hydrogen-bond donors (Lipinski definition) is 2. The van der Waals surface area contributed by atoms with Crippen LogP contribution in [-0.4, -0.2) is 68.2 Å². The molecule has 1 saturated heterocycles. The van der Waals surface area contributed by atoms with Crippen LogP contribution in [0, 0.1) is 13.8 Å². The molecular weight excluding hydrogens is 354 g/mol. The molecule has 0 aliphatic carbocycles. The molecule has 1 aliphatic heterocycles. The van der Waals surface area contributed by atoms with Crippen molar-refractivity contribution in [1.82, 2.24) is 4.31 Å². The van der Waals surface area contributed by atoms with Gasteiger partial charge in [-0.1, -0.05) is 12.1 Å². The van der Waals surface area contributed by atoms with Gasteiger partial charge in [-0.05, 0) is 37.5 Å². The number of aryl methyl sites for hydroxylation is 2. The Bertz CT molecular complexity index is 803. The van der Waals surface area contributed by atoms with Crippen molar-refractivity contribution >= 4 is 19.9 Å². The first-order valence-electron chi connectivity index (χ1n) is 7.65. The van der Waals surface area contributed by atoms with Gasteiger partial charge in [-0.3, -0.25) is 0 Å². The molecule has 2 N–H and O–H groups in total. The van der Waals surface area contributed by atoms with Gasteiger partial charge in [0.25, 0.3) is 0 Å². The van der Waals surface area contributed by atoms with Crippen LogP contribution in [0.4, 0.5) is 0 Å². The third kappa shape index (κ3) is 4.15. The zero-order chi connectivity index (χ0) is 18.1. The SMILES string of the molecule is Cc1ccc(C)c(S(=O)(=O)N(C[C@H](O)CO)[C@H]2CCS(=O)(=O)C2)c1. The van der Waals surface area contributed by atoms with E-state index in [0.717, 1.165) is 9.87 Å². The highest BCUT2D eigenvalue weighted by Crippen LogP contribution is 2.27. The summed E-state index contributed by atoms with van der Waals surface area (Å²) in [6.45, 7) is 2.49. The Morgan fingerprint density at radius 2 is 2.00 bits per heavy atom. The minimum absolute atomic E-state index is 0.0777. The van der Waals surface area contributed by atoms with Gasteiger partial charge in [0.2, 0.25) is 10.0 Å². The number of benzene rings is 1. The van der Waals surface area contributed by atoms with Gasteiger partial charge < -0.3 is 10.2 Å². The van der Waals surface area contributed by atoms with Crippen LogP contribution < -0.4 is 0 Å². The molecule has 24 heavy (non-hydrogen) atoms. The molecule has 0 amide bonds. The fraction of sp³-hybridized carbons (Fsp3) is 0.600. The van der Waals surface area contributed by atoms with Crippen LogP contribution >= 0.6 is 0 Å². The molecule has 1 heterocycles. The molecule has 0 saturated carbocycles. The van der Waals surface area contributed by atoms with Gasteiger partial charge in [0, 0.05) is 12.6 Å². The number of rotatable bonds is 6. The maximum atomic E-state index is 13.1. The summed E-state index contributed by atoms with van der Waals surface area (Å²) < 4.78 is 50.7. The zero-order valence-electron chi connectivity index (χ0n) is 13.7. The van der Waals surface area contributed by atoms with Gasteiger partial charge in [-0.25, -0.2) is 16.8 Å². The number of sulfonamides is 1. The predicted molar refractivity (Wildman–Crippen MR) is 90.0 cm³/mol. The Balaban J connectivity index is 2.47. The molecule has 7 nitrogen and oxygen atoms in total. The summed E-state index contributed by atoms with van der Waals surface area (Å²) in [7, 11) is -7.29. The minimum Gasteiger partial charge on any atom is -0.394 e. The largest absolute Gasteiger partial charge is 0.394 e. The fourth-order valence-electron chi connectivity index (χ4n) is 2.82. The first kappa shape index (κ1) is 19.3. The Morgan fingerprint density at radius 1 is 1.33 bits per heavy atom. The topological polar surface area (TPSA) is 112 Å². The maximum Gasteiger partial charge on any atom is 0.243 e. The molecule has 1 aromatic carbocycles.